The predicted octanol–water partition coefficient (Wildman–Crippen LogP) is 4.65. The average molecular weight is 433 g/mol. The van der Waals surface area contributed by atoms with Gasteiger partial charge in [0.1, 0.15) is 0 Å². The van der Waals surface area contributed by atoms with Gasteiger partial charge in [-0.05, 0) is 36.3 Å². The number of carbonyl (C=O) groups excluding carboxylic acids is 1. The van der Waals surface area contributed by atoms with Gasteiger partial charge < -0.3 is 10.6 Å². The van der Waals surface area contributed by atoms with Gasteiger partial charge in [-0.1, -0.05) is 66.4 Å². The fraction of sp³-hybridized carbons (Fsp3) is 0.350. The maximum Gasteiger partial charge on any atom is 0.233 e. The maximum absolute atomic E-state index is 12.4. The summed E-state index contributed by atoms with van der Waals surface area (Å²) in [5, 5.41) is 17.4. The van der Waals surface area contributed by atoms with E-state index in [4.69, 9.17) is 0 Å². The number of hydrogen-bond acceptors (Lipinski definition) is 7. The summed E-state index contributed by atoms with van der Waals surface area (Å²) < 4.78 is 0.803. The monoisotopic (exact) mass is 432 g/mol. The second-order valence-electron chi connectivity index (χ2n) is 6.45. The van der Waals surface area contributed by atoms with Gasteiger partial charge >= 0.3 is 0 Å². The lowest BCUT2D eigenvalue weighted by Gasteiger charge is -2.15. The van der Waals surface area contributed by atoms with Crippen molar-refractivity contribution in [3.05, 3.63) is 58.3 Å². The van der Waals surface area contributed by atoms with Gasteiger partial charge in [0.25, 0.3) is 0 Å². The largest absolute Gasteiger partial charge is 0.360 e. The Labute approximate surface area is 178 Å². The van der Waals surface area contributed by atoms with Crippen molar-refractivity contribution in [1.82, 2.24) is 15.5 Å². The third-order valence-electron chi connectivity index (χ3n) is 4.23. The van der Waals surface area contributed by atoms with Crippen LogP contribution in [-0.4, -0.2) is 34.4 Å². The molecule has 0 saturated heterocycles. The van der Waals surface area contributed by atoms with E-state index in [0.29, 0.717) is 6.54 Å². The van der Waals surface area contributed by atoms with E-state index in [0.717, 1.165) is 22.4 Å². The zero-order chi connectivity index (χ0) is 19.8. The summed E-state index contributed by atoms with van der Waals surface area (Å²) in [5.74, 6) is 0.304. The molecule has 1 amide bonds. The number of anilines is 1. The molecule has 0 aliphatic heterocycles. The van der Waals surface area contributed by atoms with Crippen molar-refractivity contribution in [1.29, 1.82) is 0 Å². The number of thiophene rings is 1. The van der Waals surface area contributed by atoms with Crippen molar-refractivity contribution in [2.75, 3.05) is 18.4 Å². The molecule has 2 atom stereocenters. The molecule has 0 spiro atoms. The van der Waals surface area contributed by atoms with Crippen LogP contribution in [0.25, 0.3) is 0 Å². The van der Waals surface area contributed by atoms with E-state index >= 15 is 0 Å². The smallest absolute Gasteiger partial charge is 0.233 e. The van der Waals surface area contributed by atoms with Gasteiger partial charge in [-0.2, -0.15) is 0 Å². The SMILES string of the molecule is CC(Sc1nnc(NCCc2cccs2)s1)C(=O)NCC(C)c1ccccc1. The van der Waals surface area contributed by atoms with Gasteiger partial charge in [-0.3, -0.25) is 4.79 Å². The Morgan fingerprint density at radius 3 is 2.71 bits per heavy atom. The van der Waals surface area contributed by atoms with Crippen LogP contribution in [-0.2, 0) is 11.2 Å². The first-order chi connectivity index (χ1) is 13.6. The highest BCUT2D eigenvalue weighted by Gasteiger charge is 2.18. The van der Waals surface area contributed by atoms with Crippen LogP contribution in [0.2, 0.25) is 0 Å². The number of nitrogens with one attached hydrogen (secondary N) is 2. The fourth-order valence-corrected chi connectivity index (χ4v) is 5.23. The highest BCUT2D eigenvalue weighted by molar-refractivity contribution is 8.02. The summed E-state index contributed by atoms with van der Waals surface area (Å²) in [6.07, 6.45) is 0.970. The lowest BCUT2D eigenvalue weighted by atomic mass is 10.0. The molecule has 1 aromatic carbocycles. The Balaban J connectivity index is 1.40. The van der Waals surface area contributed by atoms with Crippen LogP contribution in [0, 0.1) is 0 Å². The number of hydrogen-bond donors (Lipinski definition) is 2. The van der Waals surface area contributed by atoms with Crippen LogP contribution >= 0.6 is 34.4 Å². The summed E-state index contributed by atoms with van der Waals surface area (Å²) in [4.78, 5) is 13.8. The van der Waals surface area contributed by atoms with Crippen molar-refractivity contribution in [2.24, 2.45) is 0 Å². The average Bonchev–Trinajstić information content (AvgIpc) is 3.39. The van der Waals surface area contributed by atoms with Crippen molar-refractivity contribution < 1.29 is 4.79 Å². The first-order valence-electron chi connectivity index (χ1n) is 9.21. The second-order valence-corrected chi connectivity index (χ2v) is 10.0. The number of benzene rings is 1. The Kier molecular flexibility index (Phi) is 7.88. The molecule has 5 nitrogen and oxygen atoms in total. The van der Waals surface area contributed by atoms with Crippen LogP contribution in [0.3, 0.4) is 0 Å². The number of nitrogens with zero attached hydrogens (tertiary/aromatic N) is 2. The minimum atomic E-state index is -0.213. The molecule has 8 heteroatoms. The molecular formula is C20H24N4OS3. The molecule has 2 heterocycles. The summed E-state index contributed by atoms with van der Waals surface area (Å²) in [6.45, 7) is 5.47. The first-order valence-corrected chi connectivity index (χ1v) is 11.8. The van der Waals surface area contributed by atoms with Crippen LogP contribution < -0.4 is 10.6 Å². The van der Waals surface area contributed by atoms with Crippen molar-refractivity contribution in [2.45, 2.75) is 35.8 Å². The topological polar surface area (TPSA) is 66.9 Å². The van der Waals surface area contributed by atoms with E-state index in [2.05, 4.69) is 57.4 Å². The maximum atomic E-state index is 12.4. The minimum Gasteiger partial charge on any atom is -0.360 e. The molecule has 148 valence electrons. The minimum absolute atomic E-state index is 0.0233. The molecule has 3 rings (SSSR count). The number of thioether (sulfide) groups is 1. The van der Waals surface area contributed by atoms with Gasteiger partial charge in [-0.25, -0.2) is 0 Å². The van der Waals surface area contributed by atoms with Crippen LogP contribution in [0.5, 0.6) is 0 Å². The number of aromatic nitrogens is 2. The molecule has 3 aromatic rings. The highest BCUT2D eigenvalue weighted by Crippen LogP contribution is 2.29. The molecule has 0 aliphatic rings. The van der Waals surface area contributed by atoms with Crippen molar-refractivity contribution in [3.63, 3.8) is 0 Å². The molecule has 0 bridgehead atoms. The van der Waals surface area contributed by atoms with E-state index in [1.54, 1.807) is 11.3 Å². The summed E-state index contributed by atoms with van der Waals surface area (Å²) in [5.41, 5.74) is 1.23. The molecule has 2 unspecified atom stereocenters. The quantitative estimate of drug-likeness (QED) is 0.456. The Bertz CT molecular complexity index is 851. The van der Waals surface area contributed by atoms with E-state index in [1.165, 1.54) is 33.5 Å². The zero-order valence-corrected chi connectivity index (χ0v) is 18.4. The Morgan fingerprint density at radius 1 is 1.14 bits per heavy atom. The number of rotatable bonds is 10. The molecule has 0 aliphatic carbocycles. The van der Waals surface area contributed by atoms with Gasteiger partial charge in [0.05, 0.1) is 5.25 Å². The third kappa shape index (κ3) is 6.32. The Hall–Kier alpha value is -1.90. The fourth-order valence-electron chi connectivity index (χ4n) is 2.58. The van der Waals surface area contributed by atoms with Crippen molar-refractivity contribution in [3.8, 4) is 0 Å². The van der Waals surface area contributed by atoms with Gasteiger partial charge in [-0.15, -0.1) is 21.5 Å². The summed E-state index contributed by atoms with van der Waals surface area (Å²) >= 11 is 4.69. The van der Waals surface area contributed by atoms with Crippen molar-refractivity contribution >= 4 is 45.5 Å². The summed E-state index contributed by atoms with van der Waals surface area (Å²) in [6, 6.07) is 14.4. The molecular weight excluding hydrogens is 408 g/mol. The van der Waals surface area contributed by atoms with Crippen LogP contribution in [0.15, 0.2) is 52.2 Å². The van der Waals surface area contributed by atoms with E-state index in [-0.39, 0.29) is 17.1 Å². The number of carbonyl (C=O) groups is 1. The molecule has 0 radical (unpaired) electrons. The number of amides is 1. The van der Waals surface area contributed by atoms with E-state index < -0.39 is 0 Å². The summed E-state index contributed by atoms with van der Waals surface area (Å²) in [7, 11) is 0. The highest BCUT2D eigenvalue weighted by atomic mass is 32.2. The molecule has 0 saturated carbocycles. The van der Waals surface area contributed by atoms with Crippen LogP contribution in [0.1, 0.15) is 30.2 Å². The normalized spacial score (nSPS) is 13.1. The first kappa shape index (κ1) is 20.8. The Morgan fingerprint density at radius 2 is 1.96 bits per heavy atom. The second kappa shape index (κ2) is 10.6. The molecule has 2 N–H and O–H groups in total. The van der Waals surface area contributed by atoms with Gasteiger partial charge in [0.15, 0.2) is 4.34 Å². The van der Waals surface area contributed by atoms with E-state index in [1.807, 2.05) is 25.1 Å². The van der Waals surface area contributed by atoms with Crippen LogP contribution in [0.4, 0.5) is 5.13 Å². The lowest BCUT2D eigenvalue weighted by Crippen LogP contribution is -2.33. The molecule has 28 heavy (non-hydrogen) atoms. The lowest BCUT2D eigenvalue weighted by molar-refractivity contribution is -0.120. The van der Waals surface area contributed by atoms with Gasteiger partial charge in [0.2, 0.25) is 11.0 Å². The van der Waals surface area contributed by atoms with E-state index in [9.17, 15) is 4.79 Å². The zero-order valence-electron chi connectivity index (χ0n) is 15.9. The standard InChI is InChI=1S/C20H24N4OS3/c1-14(16-7-4-3-5-8-16)13-22-18(25)15(2)27-20-24-23-19(28-20)21-11-10-17-9-6-12-26-17/h3-9,12,14-15H,10-11,13H2,1-2H3,(H,21,23)(H,22,25). The molecule has 0 fully saturated rings. The predicted molar refractivity (Wildman–Crippen MR) is 120 cm³/mol. The molecule has 2 aromatic heterocycles. The van der Waals surface area contributed by atoms with Gasteiger partial charge in [0, 0.05) is 18.0 Å². The third-order valence-corrected chi connectivity index (χ3v) is 7.23.